The van der Waals surface area contributed by atoms with E-state index in [1.54, 1.807) is 11.0 Å². The highest BCUT2D eigenvalue weighted by molar-refractivity contribution is 6.11. The minimum Gasteiger partial charge on any atom is -0.393 e. The molecular weight excluding hydrogens is 294 g/mol. The number of nitrogens with one attached hydrogen (secondary N) is 2. The Morgan fingerprint density at radius 2 is 2.13 bits per heavy atom. The SMILES string of the molecule is CC[C@H](C)[C@H]1C(=O)Nc2ccccc2N1C(=O)NC1CC(O)C1. The number of nitrogens with zero attached hydrogens (tertiary/aromatic N) is 1. The van der Waals surface area contributed by atoms with Crippen LogP contribution in [-0.2, 0) is 4.79 Å². The van der Waals surface area contributed by atoms with Gasteiger partial charge in [0.15, 0.2) is 0 Å². The van der Waals surface area contributed by atoms with Crippen LogP contribution in [-0.4, -0.2) is 35.2 Å². The fourth-order valence-corrected chi connectivity index (χ4v) is 3.18. The van der Waals surface area contributed by atoms with Crippen LogP contribution in [0.25, 0.3) is 0 Å². The second-order valence-corrected chi connectivity index (χ2v) is 6.48. The van der Waals surface area contributed by atoms with Gasteiger partial charge in [0.05, 0.1) is 17.5 Å². The molecule has 1 aliphatic carbocycles. The van der Waals surface area contributed by atoms with Gasteiger partial charge in [-0.15, -0.1) is 0 Å². The standard InChI is InChI=1S/C17H23N3O3/c1-3-10(2)15-16(22)19-13-6-4-5-7-14(13)20(15)17(23)18-11-8-12(21)9-11/h4-7,10-12,15,21H,3,8-9H2,1-2H3,(H,18,23)(H,19,22)/t10-,11?,12?,15-/m0/s1. The first kappa shape index (κ1) is 15.8. The second kappa shape index (κ2) is 6.20. The Morgan fingerprint density at radius 3 is 2.78 bits per heavy atom. The molecule has 1 fully saturated rings. The number of hydrogen-bond donors (Lipinski definition) is 3. The van der Waals surface area contributed by atoms with Crippen molar-refractivity contribution >= 4 is 23.3 Å². The summed E-state index contributed by atoms with van der Waals surface area (Å²) < 4.78 is 0. The largest absolute Gasteiger partial charge is 0.393 e. The number of urea groups is 1. The van der Waals surface area contributed by atoms with Crippen LogP contribution in [0.3, 0.4) is 0 Å². The van der Waals surface area contributed by atoms with Crippen LogP contribution in [0.5, 0.6) is 0 Å². The fraction of sp³-hybridized carbons (Fsp3) is 0.529. The number of anilines is 2. The average Bonchev–Trinajstić information content (AvgIpc) is 2.51. The van der Waals surface area contributed by atoms with Crippen molar-refractivity contribution in [3.63, 3.8) is 0 Å². The lowest BCUT2D eigenvalue weighted by molar-refractivity contribution is -0.118. The van der Waals surface area contributed by atoms with Gasteiger partial charge in [-0.25, -0.2) is 4.79 Å². The molecule has 3 amide bonds. The van der Waals surface area contributed by atoms with Crippen molar-refractivity contribution in [2.45, 2.75) is 51.3 Å². The molecule has 3 N–H and O–H groups in total. The average molecular weight is 317 g/mol. The number of amides is 3. The van der Waals surface area contributed by atoms with Crippen molar-refractivity contribution in [3.8, 4) is 0 Å². The Balaban J connectivity index is 1.90. The van der Waals surface area contributed by atoms with Crippen molar-refractivity contribution in [1.82, 2.24) is 5.32 Å². The van der Waals surface area contributed by atoms with Crippen LogP contribution in [0.2, 0.25) is 0 Å². The predicted octanol–water partition coefficient (Wildman–Crippen LogP) is 2.09. The van der Waals surface area contributed by atoms with Gasteiger partial charge < -0.3 is 15.7 Å². The van der Waals surface area contributed by atoms with Crippen molar-refractivity contribution in [2.24, 2.45) is 5.92 Å². The maximum Gasteiger partial charge on any atom is 0.322 e. The van der Waals surface area contributed by atoms with Crippen LogP contribution < -0.4 is 15.5 Å². The van der Waals surface area contributed by atoms with E-state index in [1.165, 1.54) is 0 Å². The summed E-state index contributed by atoms with van der Waals surface area (Å²) in [7, 11) is 0. The Bertz CT molecular complexity index is 613. The molecule has 6 heteroatoms. The summed E-state index contributed by atoms with van der Waals surface area (Å²) in [6, 6.07) is 6.52. The molecule has 1 aromatic rings. The lowest BCUT2D eigenvalue weighted by Crippen LogP contribution is -2.59. The Labute approximate surface area is 135 Å². The van der Waals surface area contributed by atoms with E-state index in [1.807, 2.05) is 32.0 Å². The Hall–Kier alpha value is -2.08. The third-order valence-corrected chi connectivity index (χ3v) is 4.81. The number of carbonyl (C=O) groups excluding carboxylic acids is 2. The molecule has 3 rings (SSSR count). The first-order valence-electron chi connectivity index (χ1n) is 8.19. The summed E-state index contributed by atoms with van der Waals surface area (Å²) in [6.07, 6.45) is 1.61. The summed E-state index contributed by atoms with van der Waals surface area (Å²) in [5, 5.41) is 15.2. The third-order valence-electron chi connectivity index (χ3n) is 4.81. The van der Waals surface area contributed by atoms with E-state index < -0.39 is 6.04 Å². The molecule has 23 heavy (non-hydrogen) atoms. The fourth-order valence-electron chi connectivity index (χ4n) is 3.18. The molecule has 1 aliphatic heterocycles. The van der Waals surface area contributed by atoms with Gasteiger partial charge >= 0.3 is 6.03 Å². The lowest BCUT2D eigenvalue weighted by Gasteiger charge is -2.41. The van der Waals surface area contributed by atoms with Gasteiger partial charge in [0.2, 0.25) is 5.91 Å². The molecule has 1 saturated carbocycles. The number of rotatable bonds is 3. The van der Waals surface area contributed by atoms with Crippen molar-refractivity contribution < 1.29 is 14.7 Å². The number of aliphatic hydroxyl groups is 1. The first-order chi connectivity index (χ1) is 11.0. The topological polar surface area (TPSA) is 81.7 Å². The maximum atomic E-state index is 12.8. The van der Waals surface area contributed by atoms with Gasteiger partial charge in [-0.3, -0.25) is 9.69 Å². The summed E-state index contributed by atoms with van der Waals surface area (Å²) in [5.41, 5.74) is 1.37. The van der Waals surface area contributed by atoms with E-state index in [0.29, 0.717) is 18.5 Å². The number of benzene rings is 1. The zero-order valence-corrected chi connectivity index (χ0v) is 13.5. The van der Waals surface area contributed by atoms with E-state index in [4.69, 9.17) is 0 Å². The number of para-hydroxylation sites is 2. The van der Waals surface area contributed by atoms with Crippen LogP contribution in [0.1, 0.15) is 33.1 Å². The quantitative estimate of drug-likeness (QED) is 0.798. The molecule has 6 nitrogen and oxygen atoms in total. The summed E-state index contributed by atoms with van der Waals surface area (Å²) in [4.78, 5) is 26.9. The molecule has 0 saturated heterocycles. The molecule has 1 aromatic carbocycles. The number of hydrogen-bond acceptors (Lipinski definition) is 3. The normalized spacial score (nSPS) is 27.5. The van der Waals surface area contributed by atoms with Crippen molar-refractivity contribution in [3.05, 3.63) is 24.3 Å². The van der Waals surface area contributed by atoms with Gasteiger partial charge in [0.1, 0.15) is 6.04 Å². The molecule has 2 aliphatic rings. The highest BCUT2D eigenvalue weighted by atomic mass is 16.3. The third kappa shape index (κ3) is 2.91. The summed E-state index contributed by atoms with van der Waals surface area (Å²) >= 11 is 0. The van der Waals surface area contributed by atoms with Gasteiger partial charge in [-0.05, 0) is 30.9 Å². The Morgan fingerprint density at radius 1 is 1.43 bits per heavy atom. The Kier molecular flexibility index (Phi) is 4.26. The van der Waals surface area contributed by atoms with E-state index in [9.17, 15) is 14.7 Å². The molecule has 0 radical (unpaired) electrons. The second-order valence-electron chi connectivity index (χ2n) is 6.48. The van der Waals surface area contributed by atoms with E-state index in [2.05, 4.69) is 10.6 Å². The van der Waals surface area contributed by atoms with Gasteiger partial charge in [-0.1, -0.05) is 32.4 Å². The molecule has 1 heterocycles. The molecule has 124 valence electrons. The zero-order valence-electron chi connectivity index (χ0n) is 13.5. The van der Waals surface area contributed by atoms with E-state index >= 15 is 0 Å². The summed E-state index contributed by atoms with van der Waals surface area (Å²) in [6.45, 7) is 3.99. The highest BCUT2D eigenvalue weighted by Gasteiger charge is 2.41. The molecule has 0 unspecified atom stereocenters. The summed E-state index contributed by atoms with van der Waals surface area (Å²) in [5.74, 6) is -0.108. The van der Waals surface area contributed by atoms with Gasteiger partial charge in [-0.2, -0.15) is 0 Å². The van der Waals surface area contributed by atoms with Crippen molar-refractivity contribution in [2.75, 3.05) is 10.2 Å². The molecule has 0 aromatic heterocycles. The van der Waals surface area contributed by atoms with Crippen molar-refractivity contribution in [1.29, 1.82) is 0 Å². The van der Waals surface area contributed by atoms with Gasteiger partial charge in [0, 0.05) is 6.04 Å². The van der Waals surface area contributed by atoms with E-state index in [-0.39, 0.29) is 30.0 Å². The van der Waals surface area contributed by atoms with Crippen LogP contribution in [0, 0.1) is 5.92 Å². The maximum absolute atomic E-state index is 12.8. The predicted molar refractivity (Wildman–Crippen MR) is 88.4 cm³/mol. The minimum atomic E-state index is -0.528. The number of aliphatic hydroxyl groups excluding tert-OH is 1. The highest BCUT2D eigenvalue weighted by Crippen LogP contribution is 2.35. The van der Waals surface area contributed by atoms with Crippen LogP contribution in [0.4, 0.5) is 16.2 Å². The molecular formula is C17H23N3O3. The number of fused-ring (bicyclic) bond motifs is 1. The monoisotopic (exact) mass is 317 g/mol. The molecule has 2 atom stereocenters. The lowest BCUT2D eigenvalue weighted by atomic mass is 9.89. The zero-order chi connectivity index (χ0) is 16.6. The van der Waals surface area contributed by atoms with Crippen LogP contribution in [0.15, 0.2) is 24.3 Å². The smallest absolute Gasteiger partial charge is 0.322 e. The van der Waals surface area contributed by atoms with Gasteiger partial charge in [0.25, 0.3) is 0 Å². The molecule has 0 bridgehead atoms. The van der Waals surface area contributed by atoms with E-state index in [0.717, 1.165) is 12.1 Å². The van der Waals surface area contributed by atoms with Crippen LogP contribution >= 0.6 is 0 Å². The minimum absolute atomic E-state index is 0.0211. The number of carbonyl (C=O) groups is 2. The first-order valence-corrected chi connectivity index (χ1v) is 8.19. The molecule has 0 spiro atoms.